The molecule has 4 N–H and O–H groups in total. The number of quaternary nitrogens is 1. The Balaban J connectivity index is 1.89. The third kappa shape index (κ3) is 6.03. The van der Waals surface area contributed by atoms with E-state index in [1.54, 1.807) is 6.07 Å². The number of nitrogens with zero attached hydrogens (tertiary/aromatic N) is 2. The Morgan fingerprint density at radius 3 is 2.59 bits per heavy atom. The van der Waals surface area contributed by atoms with Crippen LogP contribution in [-0.4, -0.2) is 41.7 Å². The summed E-state index contributed by atoms with van der Waals surface area (Å²) in [4.78, 5) is 39.3. The minimum Gasteiger partial charge on any atom is -0.477 e. The van der Waals surface area contributed by atoms with Crippen LogP contribution in [0, 0.1) is 0 Å². The highest BCUT2D eigenvalue weighted by atomic mass is 32.2. The number of aliphatic carboxylic acids is 1. The number of thioether (sulfide) groups is 1. The second-order valence-corrected chi connectivity index (χ2v) is 9.36. The Bertz CT molecular complexity index is 1240. The molecule has 9 heteroatoms. The summed E-state index contributed by atoms with van der Waals surface area (Å²) in [6.07, 6.45) is 3.80. The SMILES string of the molecule is CCN(CC)c1ccc2cc(C(=O)CC(SCC([NH3+])C(=O)O)c3ccc[n+](C)c3)c(=O)oc2c1. The van der Waals surface area contributed by atoms with Crippen LogP contribution < -0.4 is 20.8 Å². The van der Waals surface area contributed by atoms with E-state index in [9.17, 15) is 19.5 Å². The van der Waals surface area contributed by atoms with Gasteiger partial charge in [0.05, 0.1) is 5.75 Å². The quantitative estimate of drug-likeness (QED) is 0.243. The molecule has 2 heterocycles. The number of pyridine rings is 1. The first kappa shape index (κ1) is 25.5. The molecule has 2 unspecified atom stereocenters. The number of fused-ring (bicyclic) bond motifs is 1. The largest absolute Gasteiger partial charge is 0.477 e. The van der Waals surface area contributed by atoms with Crippen LogP contribution in [0.5, 0.6) is 0 Å². The first-order valence-electron chi connectivity index (χ1n) is 11.2. The second-order valence-electron chi connectivity index (χ2n) is 8.13. The highest BCUT2D eigenvalue weighted by Crippen LogP contribution is 2.33. The maximum Gasteiger partial charge on any atom is 0.363 e. The van der Waals surface area contributed by atoms with E-state index in [2.05, 4.69) is 24.5 Å². The van der Waals surface area contributed by atoms with Gasteiger partial charge in [-0.1, -0.05) is 0 Å². The molecule has 0 aliphatic carbocycles. The van der Waals surface area contributed by atoms with Crippen LogP contribution >= 0.6 is 11.8 Å². The molecule has 2 aromatic heterocycles. The van der Waals surface area contributed by atoms with Crippen molar-refractivity contribution in [3.8, 4) is 0 Å². The Kier molecular flexibility index (Phi) is 8.46. The van der Waals surface area contributed by atoms with E-state index in [1.165, 1.54) is 11.8 Å². The number of aromatic nitrogens is 1. The number of hydrogen-bond donors (Lipinski definition) is 2. The minimum atomic E-state index is -0.990. The standard InChI is InChI=1S/C25H29N3O5S/c1-4-28(5-2)18-9-8-16-11-19(25(32)33-22(16)12-18)21(29)13-23(34-15-20(26)24(30)31)17-7-6-10-27(3)14-17/h6-12,14,20,23H,4-5,13,15,26H2,1-3H3/p+2. The predicted molar refractivity (Wildman–Crippen MR) is 132 cm³/mol. The topological polar surface area (TPSA) is 119 Å². The molecule has 1 aromatic carbocycles. The van der Waals surface area contributed by atoms with Crippen molar-refractivity contribution in [3.63, 3.8) is 0 Å². The lowest BCUT2D eigenvalue weighted by molar-refractivity contribution is -0.671. The van der Waals surface area contributed by atoms with Gasteiger partial charge < -0.3 is 20.2 Å². The lowest BCUT2D eigenvalue weighted by Crippen LogP contribution is -2.66. The first-order valence-corrected chi connectivity index (χ1v) is 12.3. The van der Waals surface area contributed by atoms with Crippen LogP contribution in [0.2, 0.25) is 0 Å². The summed E-state index contributed by atoms with van der Waals surface area (Å²) in [5.41, 5.74) is 5.25. The van der Waals surface area contributed by atoms with E-state index >= 15 is 0 Å². The zero-order valence-electron chi connectivity index (χ0n) is 19.7. The number of carbonyl (C=O) groups excluding carboxylic acids is 1. The molecule has 3 aromatic rings. The second kappa shape index (κ2) is 11.3. The van der Waals surface area contributed by atoms with Gasteiger partial charge in [0.25, 0.3) is 0 Å². The smallest absolute Gasteiger partial charge is 0.363 e. The van der Waals surface area contributed by atoms with Crippen LogP contribution in [0.4, 0.5) is 5.69 Å². The third-order valence-corrected chi connectivity index (χ3v) is 7.14. The molecular weight excluding hydrogens is 454 g/mol. The van der Waals surface area contributed by atoms with Crippen LogP contribution in [0.15, 0.2) is 58.0 Å². The zero-order chi connectivity index (χ0) is 24.8. The van der Waals surface area contributed by atoms with Crippen LogP contribution in [-0.2, 0) is 11.8 Å². The molecule has 34 heavy (non-hydrogen) atoms. The number of aryl methyl sites for hydroxylation is 1. The Morgan fingerprint density at radius 1 is 1.21 bits per heavy atom. The van der Waals surface area contributed by atoms with Crippen molar-refractivity contribution in [3.05, 3.63) is 70.3 Å². The van der Waals surface area contributed by atoms with Gasteiger partial charge in [-0.05, 0) is 38.1 Å². The summed E-state index contributed by atoms with van der Waals surface area (Å²) in [6.45, 7) is 5.77. The van der Waals surface area contributed by atoms with E-state index in [1.807, 2.05) is 54.3 Å². The normalized spacial score (nSPS) is 12.9. The van der Waals surface area contributed by atoms with Crippen molar-refractivity contribution in [2.24, 2.45) is 7.05 Å². The van der Waals surface area contributed by atoms with Crippen molar-refractivity contribution in [1.82, 2.24) is 0 Å². The lowest BCUT2D eigenvalue weighted by atomic mass is 10.0. The van der Waals surface area contributed by atoms with Gasteiger partial charge in [-0.2, -0.15) is 0 Å². The van der Waals surface area contributed by atoms with Crippen molar-refractivity contribution < 1.29 is 29.4 Å². The van der Waals surface area contributed by atoms with Gasteiger partial charge in [-0.15, -0.1) is 11.8 Å². The predicted octanol–water partition coefficient (Wildman–Crippen LogP) is 2.21. The molecule has 0 spiro atoms. The van der Waals surface area contributed by atoms with Gasteiger partial charge in [-0.25, -0.2) is 14.2 Å². The van der Waals surface area contributed by atoms with E-state index in [0.29, 0.717) is 11.0 Å². The maximum absolute atomic E-state index is 13.2. The summed E-state index contributed by atoms with van der Waals surface area (Å²) in [7, 11) is 1.87. The molecule has 8 nitrogen and oxygen atoms in total. The molecule has 0 saturated carbocycles. The van der Waals surface area contributed by atoms with E-state index < -0.39 is 17.6 Å². The Labute approximate surface area is 202 Å². The average molecular weight is 486 g/mol. The van der Waals surface area contributed by atoms with Gasteiger partial charge in [0, 0.05) is 53.5 Å². The lowest BCUT2D eigenvalue weighted by Gasteiger charge is -2.21. The van der Waals surface area contributed by atoms with Crippen molar-refractivity contribution in [2.75, 3.05) is 23.7 Å². The molecule has 180 valence electrons. The van der Waals surface area contributed by atoms with Crippen molar-refractivity contribution in [2.45, 2.75) is 31.6 Å². The van der Waals surface area contributed by atoms with Crippen LogP contribution in [0.1, 0.15) is 41.4 Å². The van der Waals surface area contributed by atoms with Gasteiger partial charge in [-0.3, -0.25) is 4.79 Å². The number of anilines is 1. The molecule has 0 bridgehead atoms. The van der Waals surface area contributed by atoms with E-state index in [4.69, 9.17) is 4.42 Å². The number of carboxylic acids is 1. The number of carbonyl (C=O) groups is 2. The van der Waals surface area contributed by atoms with Gasteiger partial charge >= 0.3 is 11.6 Å². The fraction of sp³-hybridized carbons (Fsp3) is 0.360. The highest BCUT2D eigenvalue weighted by molar-refractivity contribution is 7.99. The molecule has 0 aliphatic rings. The fourth-order valence-electron chi connectivity index (χ4n) is 3.74. The zero-order valence-corrected chi connectivity index (χ0v) is 20.5. The number of hydrogen-bond acceptors (Lipinski definition) is 6. The monoisotopic (exact) mass is 485 g/mol. The van der Waals surface area contributed by atoms with E-state index in [0.717, 1.165) is 24.3 Å². The number of ketones is 1. The molecule has 0 aliphatic heterocycles. The minimum absolute atomic E-state index is 0.00148. The molecular formula is C25H31N3O5S+2. The summed E-state index contributed by atoms with van der Waals surface area (Å²) < 4.78 is 7.39. The Hall–Kier alpha value is -3.17. The number of rotatable bonds is 11. The molecule has 0 amide bonds. The summed E-state index contributed by atoms with van der Waals surface area (Å²) in [5, 5.41) is 9.54. The third-order valence-electron chi connectivity index (χ3n) is 5.70. The van der Waals surface area contributed by atoms with Crippen LogP contribution in [0.25, 0.3) is 11.0 Å². The van der Waals surface area contributed by atoms with Gasteiger partial charge in [0.2, 0.25) is 0 Å². The molecule has 3 rings (SSSR count). The first-order chi connectivity index (χ1) is 16.2. The summed E-state index contributed by atoms with van der Waals surface area (Å²) in [5.74, 6) is -1.09. The highest BCUT2D eigenvalue weighted by Gasteiger charge is 2.25. The number of benzene rings is 1. The summed E-state index contributed by atoms with van der Waals surface area (Å²) >= 11 is 1.35. The van der Waals surface area contributed by atoms with Crippen molar-refractivity contribution in [1.29, 1.82) is 0 Å². The Morgan fingerprint density at radius 2 is 1.94 bits per heavy atom. The average Bonchev–Trinajstić information content (AvgIpc) is 2.81. The van der Waals surface area contributed by atoms with Gasteiger partial charge in [0.1, 0.15) is 18.2 Å². The summed E-state index contributed by atoms with van der Waals surface area (Å²) in [6, 6.07) is 10.2. The van der Waals surface area contributed by atoms with Gasteiger partial charge in [0.15, 0.2) is 24.2 Å². The van der Waals surface area contributed by atoms with Crippen LogP contribution in [0.3, 0.4) is 0 Å². The number of Topliss-reactive ketones (excluding diaryl/α,β-unsaturated/α-hetero) is 1. The molecule has 0 radical (unpaired) electrons. The molecule has 2 atom stereocenters. The van der Waals surface area contributed by atoms with Crippen molar-refractivity contribution >= 4 is 40.2 Å². The molecule has 0 fully saturated rings. The molecule has 0 saturated heterocycles. The fourth-order valence-corrected chi connectivity index (χ4v) is 4.94. The van der Waals surface area contributed by atoms with E-state index in [-0.39, 0.29) is 28.8 Å². The maximum atomic E-state index is 13.2. The number of carboxylic acid groups (broad SMARTS) is 1.